The van der Waals surface area contributed by atoms with Crippen molar-refractivity contribution >= 4 is 0 Å². The van der Waals surface area contributed by atoms with Gasteiger partial charge >= 0.3 is 0 Å². The predicted octanol–water partition coefficient (Wildman–Crippen LogP) is 2.12. The van der Waals surface area contributed by atoms with Gasteiger partial charge in [0, 0.05) is 32.8 Å². The molecule has 0 amide bonds. The predicted molar refractivity (Wildman–Crippen MR) is 75.9 cm³/mol. The van der Waals surface area contributed by atoms with Crippen LogP contribution in [-0.2, 0) is 4.74 Å². The van der Waals surface area contributed by atoms with Gasteiger partial charge in [-0.15, -0.1) is 0 Å². The summed E-state index contributed by atoms with van der Waals surface area (Å²) < 4.78 is 5.44. The van der Waals surface area contributed by atoms with Gasteiger partial charge in [-0.3, -0.25) is 0 Å². The van der Waals surface area contributed by atoms with Crippen LogP contribution in [0.2, 0.25) is 0 Å². The average molecular weight is 254 g/mol. The zero-order valence-electron chi connectivity index (χ0n) is 12.2. The number of nitrogens with zero attached hydrogens (tertiary/aromatic N) is 1. The highest BCUT2D eigenvalue weighted by Gasteiger charge is 2.34. The second-order valence-electron chi connectivity index (χ2n) is 6.49. The molecule has 2 rings (SSSR count). The third-order valence-corrected chi connectivity index (χ3v) is 4.73. The summed E-state index contributed by atoms with van der Waals surface area (Å²) in [7, 11) is 4.41. The van der Waals surface area contributed by atoms with Gasteiger partial charge in [-0.05, 0) is 51.1 Å². The molecule has 1 aliphatic carbocycles. The average Bonchev–Trinajstić information content (AvgIpc) is 2.79. The van der Waals surface area contributed by atoms with Gasteiger partial charge in [0.2, 0.25) is 0 Å². The Hall–Kier alpha value is -0.120. The fourth-order valence-corrected chi connectivity index (χ4v) is 3.90. The van der Waals surface area contributed by atoms with E-state index in [1.807, 2.05) is 0 Å². The quantitative estimate of drug-likeness (QED) is 0.786. The third-order valence-electron chi connectivity index (χ3n) is 4.73. The normalized spacial score (nSPS) is 24.8. The topological polar surface area (TPSA) is 24.5 Å². The molecule has 0 spiro atoms. The lowest BCUT2D eigenvalue weighted by Crippen LogP contribution is -2.42. The highest BCUT2D eigenvalue weighted by Crippen LogP contribution is 2.38. The molecule has 2 aliphatic rings. The van der Waals surface area contributed by atoms with Gasteiger partial charge < -0.3 is 15.0 Å². The molecule has 1 saturated heterocycles. The smallest absolute Gasteiger partial charge is 0.0469 e. The molecule has 0 aromatic rings. The van der Waals surface area contributed by atoms with Gasteiger partial charge in [0.25, 0.3) is 0 Å². The van der Waals surface area contributed by atoms with Crippen molar-refractivity contribution in [2.24, 2.45) is 11.3 Å². The number of nitrogens with one attached hydrogen (secondary N) is 1. The van der Waals surface area contributed by atoms with Gasteiger partial charge in [-0.25, -0.2) is 0 Å². The summed E-state index contributed by atoms with van der Waals surface area (Å²) >= 11 is 0. The highest BCUT2D eigenvalue weighted by atomic mass is 16.5. The van der Waals surface area contributed by atoms with Crippen LogP contribution < -0.4 is 5.32 Å². The molecule has 1 N–H and O–H groups in total. The molecule has 0 bridgehead atoms. The molecular weight excluding hydrogens is 224 g/mol. The van der Waals surface area contributed by atoms with Crippen LogP contribution in [0, 0.1) is 11.3 Å². The molecule has 0 radical (unpaired) electrons. The largest absolute Gasteiger partial charge is 0.381 e. The van der Waals surface area contributed by atoms with Crippen LogP contribution in [-0.4, -0.2) is 51.8 Å². The van der Waals surface area contributed by atoms with Crippen LogP contribution in [0.15, 0.2) is 0 Å². The summed E-state index contributed by atoms with van der Waals surface area (Å²) in [5.41, 5.74) is 0.550. The number of rotatable bonds is 6. The number of ether oxygens (including phenoxy) is 1. The monoisotopic (exact) mass is 254 g/mol. The third kappa shape index (κ3) is 3.94. The van der Waals surface area contributed by atoms with Crippen LogP contribution >= 0.6 is 0 Å². The SMILES string of the molecule is CNCC1(CN(C)CC2CCOCC2)CCCC1. The fourth-order valence-electron chi connectivity index (χ4n) is 3.90. The minimum atomic E-state index is 0.550. The van der Waals surface area contributed by atoms with E-state index in [9.17, 15) is 0 Å². The molecule has 106 valence electrons. The highest BCUT2D eigenvalue weighted by molar-refractivity contribution is 4.89. The molecule has 3 nitrogen and oxygen atoms in total. The number of hydrogen-bond donors (Lipinski definition) is 1. The first kappa shape index (κ1) is 14.3. The van der Waals surface area contributed by atoms with Crippen molar-refractivity contribution in [2.45, 2.75) is 38.5 Å². The van der Waals surface area contributed by atoms with Gasteiger partial charge in [-0.1, -0.05) is 12.8 Å². The van der Waals surface area contributed by atoms with E-state index in [1.54, 1.807) is 0 Å². The van der Waals surface area contributed by atoms with E-state index in [1.165, 1.54) is 58.2 Å². The standard InChI is InChI=1S/C15H30N2O/c1-16-12-15(7-3-4-8-15)13-17(2)11-14-5-9-18-10-6-14/h14,16H,3-13H2,1-2H3. The van der Waals surface area contributed by atoms with E-state index in [4.69, 9.17) is 4.74 Å². The summed E-state index contributed by atoms with van der Waals surface area (Å²) in [6.45, 7) is 5.66. The molecule has 2 fully saturated rings. The summed E-state index contributed by atoms with van der Waals surface area (Å²) in [5.74, 6) is 0.858. The maximum absolute atomic E-state index is 5.44. The van der Waals surface area contributed by atoms with Crippen molar-refractivity contribution < 1.29 is 4.74 Å². The Morgan fingerprint density at radius 2 is 1.89 bits per heavy atom. The van der Waals surface area contributed by atoms with E-state index in [0.717, 1.165) is 19.1 Å². The first-order chi connectivity index (χ1) is 8.74. The lowest BCUT2D eigenvalue weighted by atomic mass is 9.85. The zero-order valence-corrected chi connectivity index (χ0v) is 12.2. The van der Waals surface area contributed by atoms with Crippen LogP contribution in [0.4, 0.5) is 0 Å². The second kappa shape index (κ2) is 6.88. The van der Waals surface area contributed by atoms with E-state index in [2.05, 4.69) is 24.3 Å². The summed E-state index contributed by atoms with van der Waals surface area (Å²) in [4.78, 5) is 2.58. The maximum Gasteiger partial charge on any atom is 0.0469 e. The Morgan fingerprint density at radius 3 is 2.50 bits per heavy atom. The molecule has 18 heavy (non-hydrogen) atoms. The second-order valence-corrected chi connectivity index (χ2v) is 6.49. The van der Waals surface area contributed by atoms with Crippen molar-refractivity contribution in [3.05, 3.63) is 0 Å². The van der Waals surface area contributed by atoms with Crippen molar-refractivity contribution in [1.82, 2.24) is 10.2 Å². The van der Waals surface area contributed by atoms with Crippen molar-refractivity contribution in [3.8, 4) is 0 Å². The van der Waals surface area contributed by atoms with Crippen molar-refractivity contribution in [1.29, 1.82) is 0 Å². The van der Waals surface area contributed by atoms with Gasteiger partial charge in [0.15, 0.2) is 0 Å². The van der Waals surface area contributed by atoms with Gasteiger partial charge in [0.1, 0.15) is 0 Å². The summed E-state index contributed by atoms with van der Waals surface area (Å²) in [5, 5.41) is 3.41. The molecule has 1 aliphatic heterocycles. The zero-order chi connectivity index (χ0) is 12.8. The summed E-state index contributed by atoms with van der Waals surface area (Å²) in [6.07, 6.45) is 8.17. The van der Waals surface area contributed by atoms with E-state index in [-0.39, 0.29) is 0 Å². The van der Waals surface area contributed by atoms with Gasteiger partial charge in [0.05, 0.1) is 0 Å². The van der Waals surface area contributed by atoms with Crippen LogP contribution in [0.5, 0.6) is 0 Å². The minimum Gasteiger partial charge on any atom is -0.381 e. The lowest BCUT2D eigenvalue weighted by Gasteiger charge is -2.35. The fraction of sp³-hybridized carbons (Fsp3) is 1.00. The van der Waals surface area contributed by atoms with Crippen molar-refractivity contribution in [2.75, 3.05) is 46.9 Å². The molecule has 0 unspecified atom stereocenters. The van der Waals surface area contributed by atoms with Crippen LogP contribution in [0.25, 0.3) is 0 Å². The molecule has 1 saturated carbocycles. The molecule has 3 heteroatoms. The molecular formula is C15H30N2O. The van der Waals surface area contributed by atoms with Crippen LogP contribution in [0.3, 0.4) is 0 Å². The minimum absolute atomic E-state index is 0.550. The van der Waals surface area contributed by atoms with Gasteiger partial charge in [-0.2, -0.15) is 0 Å². The van der Waals surface area contributed by atoms with E-state index >= 15 is 0 Å². The van der Waals surface area contributed by atoms with Crippen molar-refractivity contribution in [3.63, 3.8) is 0 Å². The Kier molecular flexibility index (Phi) is 5.46. The Balaban J connectivity index is 1.78. The van der Waals surface area contributed by atoms with E-state index in [0.29, 0.717) is 5.41 Å². The lowest BCUT2D eigenvalue weighted by molar-refractivity contribution is 0.0496. The Bertz CT molecular complexity index is 233. The Morgan fingerprint density at radius 1 is 1.22 bits per heavy atom. The first-order valence-electron chi connectivity index (χ1n) is 7.65. The molecule has 1 heterocycles. The molecule has 0 atom stereocenters. The molecule has 0 aromatic carbocycles. The van der Waals surface area contributed by atoms with Crippen LogP contribution in [0.1, 0.15) is 38.5 Å². The maximum atomic E-state index is 5.44. The molecule has 0 aromatic heterocycles. The summed E-state index contributed by atoms with van der Waals surface area (Å²) in [6, 6.07) is 0. The van der Waals surface area contributed by atoms with E-state index < -0.39 is 0 Å². The number of hydrogen-bond acceptors (Lipinski definition) is 3. The Labute approximate surface area is 112 Å². The first-order valence-corrected chi connectivity index (χ1v) is 7.65.